The third kappa shape index (κ3) is 6.72. The summed E-state index contributed by atoms with van der Waals surface area (Å²) in [4.78, 5) is 40.8. The minimum atomic E-state index is -0.974. The lowest BCUT2D eigenvalue weighted by molar-refractivity contribution is -0.136. The van der Waals surface area contributed by atoms with Gasteiger partial charge < -0.3 is 15.0 Å². The summed E-state index contributed by atoms with van der Waals surface area (Å²) in [6.07, 6.45) is 0.993. The summed E-state index contributed by atoms with van der Waals surface area (Å²) in [5.41, 5.74) is 2.21. The Kier molecular flexibility index (Phi) is 9.02. The molecule has 0 saturated carbocycles. The maximum atomic E-state index is 13.5. The lowest BCUT2D eigenvalue weighted by atomic mass is 9.78. The van der Waals surface area contributed by atoms with Crippen molar-refractivity contribution in [1.29, 1.82) is 0 Å². The van der Waals surface area contributed by atoms with Gasteiger partial charge in [-0.2, -0.15) is 0 Å². The minimum Gasteiger partial charge on any atom is -0.448 e. The molecule has 0 radical (unpaired) electrons. The van der Waals surface area contributed by atoms with E-state index in [1.165, 1.54) is 0 Å². The number of likely N-dealkylation sites (tertiary alicyclic amines) is 1. The number of benzene rings is 3. The molecule has 1 heterocycles. The molecule has 1 aliphatic rings. The molecule has 3 aromatic rings. The molecule has 0 aromatic heterocycles. The predicted molar refractivity (Wildman–Crippen MR) is 148 cm³/mol. The number of anilines is 1. The number of nitrogens with zero attached hydrogens (tertiary/aromatic N) is 1. The first-order valence-corrected chi connectivity index (χ1v) is 13.2. The Labute approximate surface area is 228 Å². The topological polar surface area (TPSA) is 87.7 Å². The maximum Gasteiger partial charge on any atom is 0.411 e. The second-order valence-corrected chi connectivity index (χ2v) is 9.87. The number of carbonyl (C=O) groups is 3. The monoisotopic (exact) mass is 533 g/mol. The van der Waals surface area contributed by atoms with Crippen LogP contribution in [0, 0.1) is 5.41 Å². The molecule has 0 atom stereocenters. The zero-order valence-corrected chi connectivity index (χ0v) is 22.2. The van der Waals surface area contributed by atoms with E-state index in [-0.39, 0.29) is 25.0 Å². The lowest BCUT2D eigenvalue weighted by Gasteiger charge is -2.40. The molecule has 3 amide bonds. The first-order chi connectivity index (χ1) is 18.4. The van der Waals surface area contributed by atoms with Crippen LogP contribution in [0.25, 0.3) is 0 Å². The van der Waals surface area contributed by atoms with Gasteiger partial charge in [-0.1, -0.05) is 67.1 Å². The van der Waals surface area contributed by atoms with Crippen molar-refractivity contribution < 1.29 is 19.1 Å². The molecular weight excluding hydrogens is 502 g/mol. The molecule has 7 nitrogen and oxygen atoms in total. The summed E-state index contributed by atoms with van der Waals surface area (Å²) in [5, 5.41) is 6.27. The number of rotatable bonds is 8. The summed E-state index contributed by atoms with van der Waals surface area (Å²) in [6.45, 7) is 2.95. The van der Waals surface area contributed by atoms with Crippen molar-refractivity contribution >= 4 is 35.2 Å². The molecule has 198 valence electrons. The number of ether oxygens (including phenoxy) is 1. The van der Waals surface area contributed by atoms with Crippen LogP contribution < -0.4 is 10.6 Å². The lowest BCUT2D eigenvalue weighted by Crippen LogP contribution is -2.52. The fourth-order valence-electron chi connectivity index (χ4n) is 4.52. The second kappa shape index (κ2) is 12.6. The van der Waals surface area contributed by atoms with Crippen LogP contribution in [-0.4, -0.2) is 42.5 Å². The number of carbonyl (C=O) groups excluding carboxylic acids is 3. The van der Waals surface area contributed by atoms with Crippen molar-refractivity contribution in [3.63, 3.8) is 0 Å². The quantitative estimate of drug-likeness (QED) is 0.389. The van der Waals surface area contributed by atoms with Gasteiger partial charge in [-0.25, -0.2) is 4.79 Å². The van der Waals surface area contributed by atoms with Gasteiger partial charge in [0.15, 0.2) is 0 Å². The van der Waals surface area contributed by atoms with Crippen LogP contribution in [0.15, 0.2) is 78.9 Å². The van der Waals surface area contributed by atoms with E-state index in [1.54, 1.807) is 23.1 Å². The summed E-state index contributed by atoms with van der Waals surface area (Å²) in [7, 11) is 0. The van der Waals surface area contributed by atoms with Crippen LogP contribution in [0.3, 0.4) is 0 Å². The van der Waals surface area contributed by atoms with Gasteiger partial charge in [0.2, 0.25) is 5.91 Å². The van der Waals surface area contributed by atoms with E-state index in [2.05, 4.69) is 17.6 Å². The van der Waals surface area contributed by atoms with Gasteiger partial charge in [0.05, 0.1) is 5.41 Å². The van der Waals surface area contributed by atoms with E-state index < -0.39 is 11.5 Å². The number of piperidine rings is 1. The number of nitrogens with one attached hydrogen (secondary N) is 2. The van der Waals surface area contributed by atoms with Crippen LogP contribution in [0.1, 0.15) is 41.3 Å². The number of halogens is 1. The Morgan fingerprint density at radius 3 is 2.24 bits per heavy atom. The van der Waals surface area contributed by atoms with Crippen LogP contribution in [0.2, 0.25) is 5.02 Å². The van der Waals surface area contributed by atoms with Crippen molar-refractivity contribution in [1.82, 2.24) is 10.2 Å². The van der Waals surface area contributed by atoms with Gasteiger partial charge in [0, 0.05) is 35.9 Å². The van der Waals surface area contributed by atoms with Gasteiger partial charge in [-0.05, 0) is 60.7 Å². The molecule has 1 fully saturated rings. The molecule has 0 bridgehead atoms. The number of amides is 3. The molecular formula is C30H32ClN3O4. The largest absolute Gasteiger partial charge is 0.448 e. The maximum absolute atomic E-state index is 13.5. The molecule has 1 saturated heterocycles. The van der Waals surface area contributed by atoms with E-state index in [1.807, 2.05) is 60.7 Å². The van der Waals surface area contributed by atoms with Crippen LogP contribution in [0.5, 0.6) is 0 Å². The molecule has 2 N–H and O–H groups in total. The van der Waals surface area contributed by atoms with E-state index in [0.717, 1.165) is 17.5 Å². The smallest absolute Gasteiger partial charge is 0.411 e. The number of aryl methyl sites for hydroxylation is 1. The van der Waals surface area contributed by atoms with Crippen LogP contribution >= 0.6 is 11.6 Å². The van der Waals surface area contributed by atoms with Crippen molar-refractivity contribution in [2.75, 3.05) is 25.0 Å². The Morgan fingerprint density at radius 1 is 0.921 bits per heavy atom. The SMILES string of the molecule is CCc1ccc(NC(=O)OCC2(C(=O)NCc3ccccc3Cl)CCN(C(=O)c3ccccc3)CC2)cc1. The first-order valence-electron chi connectivity index (χ1n) is 12.8. The average Bonchev–Trinajstić information content (AvgIpc) is 2.96. The summed E-state index contributed by atoms with van der Waals surface area (Å²) in [6, 6.07) is 23.9. The van der Waals surface area contributed by atoms with Crippen LogP contribution in [-0.2, 0) is 22.5 Å². The second-order valence-electron chi connectivity index (χ2n) is 9.46. The highest BCUT2D eigenvalue weighted by Crippen LogP contribution is 2.33. The van der Waals surface area contributed by atoms with Crippen molar-refractivity contribution in [2.45, 2.75) is 32.7 Å². The molecule has 0 unspecified atom stereocenters. The summed E-state index contributed by atoms with van der Waals surface area (Å²) >= 11 is 6.27. The third-order valence-corrected chi connectivity index (χ3v) is 7.36. The highest BCUT2D eigenvalue weighted by molar-refractivity contribution is 6.31. The minimum absolute atomic E-state index is 0.0788. The van der Waals surface area contributed by atoms with E-state index >= 15 is 0 Å². The number of hydrogen-bond acceptors (Lipinski definition) is 4. The summed E-state index contributed by atoms with van der Waals surface area (Å²) in [5.74, 6) is -0.311. The standard InChI is InChI=1S/C30H32ClN3O4/c1-2-22-12-14-25(15-13-22)33-29(37)38-21-30(28(36)32-20-24-10-6-7-11-26(24)31)16-18-34(19-17-30)27(35)23-8-4-3-5-9-23/h3-15H,2,16-21H2,1H3,(H,32,36)(H,33,37). The zero-order valence-electron chi connectivity index (χ0n) is 21.4. The molecule has 38 heavy (non-hydrogen) atoms. The van der Waals surface area contributed by atoms with Crippen molar-refractivity contribution in [3.8, 4) is 0 Å². The van der Waals surface area contributed by atoms with Gasteiger partial charge in [-0.15, -0.1) is 0 Å². The first kappa shape index (κ1) is 27.2. The molecule has 0 aliphatic carbocycles. The van der Waals surface area contributed by atoms with E-state index in [0.29, 0.717) is 42.2 Å². The van der Waals surface area contributed by atoms with Crippen LogP contribution in [0.4, 0.5) is 10.5 Å². The van der Waals surface area contributed by atoms with Crippen molar-refractivity contribution in [3.05, 3.63) is 101 Å². The highest BCUT2D eigenvalue weighted by Gasteiger charge is 2.43. The van der Waals surface area contributed by atoms with Gasteiger partial charge in [0.25, 0.3) is 5.91 Å². The molecule has 3 aromatic carbocycles. The number of hydrogen-bond donors (Lipinski definition) is 2. The van der Waals surface area contributed by atoms with Crippen molar-refractivity contribution in [2.24, 2.45) is 5.41 Å². The Bertz CT molecular complexity index is 1260. The Balaban J connectivity index is 1.43. The fourth-order valence-corrected chi connectivity index (χ4v) is 4.73. The predicted octanol–water partition coefficient (Wildman–Crippen LogP) is 5.69. The molecule has 1 aliphatic heterocycles. The van der Waals surface area contributed by atoms with E-state index in [4.69, 9.17) is 16.3 Å². The van der Waals surface area contributed by atoms with Gasteiger partial charge in [0.1, 0.15) is 6.61 Å². The highest BCUT2D eigenvalue weighted by atomic mass is 35.5. The average molecular weight is 534 g/mol. The zero-order chi connectivity index (χ0) is 27.0. The summed E-state index contributed by atoms with van der Waals surface area (Å²) < 4.78 is 5.58. The normalized spacial score (nSPS) is 14.4. The molecule has 8 heteroatoms. The van der Waals surface area contributed by atoms with Gasteiger partial charge in [-0.3, -0.25) is 14.9 Å². The Hall–Kier alpha value is -3.84. The van der Waals surface area contributed by atoms with E-state index in [9.17, 15) is 14.4 Å². The molecule has 4 rings (SSSR count). The Morgan fingerprint density at radius 2 is 1.58 bits per heavy atom. The third-order valence-electron chi connectivity index (χ3n) is 7.00. The fraction of sp³-hybridized carbons (Fsp3) is 0.300. The van der Waals surface area contributed by atoms with Gasteiger partial charge >= 0.3 is 6.09 Å². The molecule has 0 spiro atoms.